The van der Waals surface area contributed by atoms with Gasteiger partial charge in [0.1, 0.15) is 16.3 Å². The highest BCUT2D eigenvalue weighted by molar-refractivity contribution is 7.90. The van der Waals surface area contributed by atoms with E-state index >= 15 is 0 Å². The molecule has 1 amide bonds. The summed E-state index contributed by atoms with van der Waals surface area (Å²) in [4.78, 5) is 41.3. The lowest BCUT2D eigenvalue weighted by Gasteiger charge is -2.57. The van der Waals surface area contributed by atoms with Gasteiger partial charge in [-0.15, -0.1) is 0 Å². The lowest BCUT2D eigenvalue weighted by molar-refractivity contribution is -0.384. The van der Waals surface area contributed by atoms with Gasteiger partial charge in [-0.05, 0) is 111 Å². The van der Waals surface area contributed by atoms with Crippen LogP contribution in [0, 0.1) is 21.4 Å². The smallest absolute Gasteiger partial charge is 0.312 e. The summed E-state index contributed by atoms with van der Waals surface area (Å²) >= 11 is 6.58. The standard InChI is InChI=1S/C48H57ClN8O8S/c1-30(2)36-6-4-5-7-37(36)40-29-64-21-20-56(40)34-25-48(26-34)15-18-55(19-16-48)33-8-9-38(41(23-33)65-42-22-32-12-17-50-44(32)53-43(42)49)46(58)54-66(62,63)35-24-39(57(60)61)45(52-28-35)51-27-31-10-13-47(3,59)14-11-31/h4-9,12,17,22-24,28,30-31,34,40,59H,10-11,13-16,18-21,25-27,29H2,1-3H3,(H,50,53)(H,51,52)(H,54,58)/t31?,40-,47?/m1/s1. The molecule has 2 saturated heterocycles. The number of sulfonamides is 1. The first-order valence-corrected chi connectivity index (χ1v) is 24.7. The maximum atomic E-state index is 14.0. The molecule has 2 aliphatic heterocycles. The summed E-state index contributed by atoms with van der Waals surface area (Å²) in [5.74, 6) is -0.312. The number of pyridine rings is 2. The van der Waals surface area contributed by atoms with Crippen LogP contribution in [0.15, 0.2) is 78.0 Å². The number of rotatable bonds is 13. The first-order chi connectivity index (χ1) is 31.6. The van der Waals surface area contributed by atoms with Crippen LogP contribution in [0.1, 0.15) is 106 Å². The van der Waals surface area contributed by atoms with Gasteiger partial charge in [0, 0.05) is 61.6 Å². The monoisotopic (exact) mass is 940 g/mol. The highest BCUT2D eigenvalue weighted by atomic mass is 35.5. The molecule has 350 valence electrons. The molecular weight excluding hydrogens is 884 g/mol. The summed E-state index contributed by atoms with van der Waals surface area (Å²) in [5.41, 5.74) is 2.93. The van der Waals surface area contributed by atoms with E-state index in [1.54, 1.807) is 37.4 Å². The lowest BCUT2D eigenvalue weighted by atomic mass is 9.59. The maximum Gasteiger partial charge on any atom is 0.312 e. The van der Waals surface area contributed by atoms with Crippen LogP contribution in [0.25, 0.3) is 11.0 Å². The van der Waals surface area contributed by atoms with Gasteiger partial charge in [0.25, 0.3) is 15.9 Å². The summed E-state index contributed by atoms with van der Waals surface area (Å²) in [5, 5.41) is 26.2. The summed E-state index contributed by atoms with van der Waals surface area (Å²) in [7, 11) is -4.67. The van der Waals surface area contributed by atoms with Crippen LogP contribution in [0.4, 0.5) is 17.2 Å². The van der Waals surface area contributed by atoms with Gasteiger partial charge in [-0.1, -0.05) is 49.7 Å². The number of piperidine rings is 1. The van der Waals surface area contributed by atoms with E-state index in [0.717, 1.165) is 82.7 Å². The van der Waals surface area contributed by atoms with Gasteiger partial charge < -0.3 is 29.8 Å². The number of halogens is 1. The van der Waals surface area contributed by atoms with E-state index in [1.165, 1.54) is 17.2 Å². The largest absolute Gasteiger partial charge is 0.453 e. The Morgan fingerprint density at radius 2 is 1.82 bits per heavy atom. The molecule has 3 aromatic heterocycles. The van der Waals surface area contributed by atoms with E-state index in [4.69, 9.17) is 21.1 Å². The number of carbonyl (C=O) groups is 1. The van der Waals surface area contributed by atoms with Gasteiger partial charge in [-0.3, -0.25) is 19.8 Å². The number of carbonyl (C=O) groups excluding carboxylic acids is 1. The molecule has 1 spiro atoms. The second-order valence-electron chi connectivity index (χ2n) is 19.2. The minimum atomic E-state index is -4.67. The number of benzene rings is 2. The zero-order chi connectivity index (χ0) is 46.4. The summed E-state index contributed by atoms with van der Waals surface area (Å²) in [6, 6.07) is 18.9. The minimum Gasteiger partial charge on any atom is -0.453 e. The molecule has 9 rings (SSSR count). The van der Waals surface area contributed by atoms with Crippen molar-refractivity contribution in [3.05, 3.63) is 105 Å². The average molecular weight is 942 g/mol. The first kappa shape index (κ1) is 45.8. The molecule has 2 aliphatic carbocycles. The highest BCUT2D eigenvalue weighted by Crippen LogP contribution is 2.53. The van der Waals surface area contributed by atoms with E-state index in [-0.39, 0.29) is 45.4 Å². The number of nitro groups is 1. The summed E-state index contributed by atoms with van der Waals surface area (Å²) in [6.07, 6.45) is 9.61. The van der Waals surface area contributed by atoms with Gasteiger partial charge >= 0.3 is 5.69 Å². The predicted octanol–water partition coefficient (Wildman–Crippen LogP) is 8.73. The van der Waals surface area contributed by atoms with Gasteiger partial charge in [-0.2, -0.15) is 0 Å². The molecule has 0 unspecified atom stereocenters. The van der Waals surface area contributed by atoms with Gasteiger partial charge in [0.2, 0.25) is 5.82 Å². The van der Waals surface area contributed by atoms with Crippen LogP contribution in [-0.4, -0.2) is 95.2 Å². The number of aliphatic hydroxyl groups is 1. The maximum absolute atomic E-state index is 14.0. The number of fused-ring (bicyclic) bond motifs is 1. The molecule has 2 saturated carbocycles. The number of hydrogen-bond donors (Lipinski definition) is 4. The van der Waals surface area contributed by atoms with E-state index in [9.17, 15) is 28.4 Å². The fourth-order valence-electron chi connectivity index (χ4n) is 10.4. The number of nitrogens with zero attached hydrogens (tertiary/aromatic N) is 5. The third kappa shape index (κ3) is 9.59. The number of anilines is 2. The molecule has 2 aromatic carbocycles. The number of amides is 1. The molecule has 16 nitrogen and oxygen atoms in total. The Bertz CT molecular complexity index is 2720. The number of nitrogens with one attached hydrogen (secondary N) is 3. The van der Waals surface area contributed by atoms with Crippen molar-refractivity contribution in [2.45, 2.75) is 101 Å². The SMILES string of the molecule is CC(C)c1ccccc1[C@H]1COCCN1C1CC2(CCN(c3ccc(C(=O)NS(=O)(=O)c4cnc(NCC5CCC(C)(O)CC5)c([N+](=O)[O-])c4)c(Oc4cc5cc[nH]c5nc4Cl)c3)CC2)C1. The fraction of sp³-hybridized carbons (Fsp3) is 0.479. The fourth-order valence-corrected chi connectivity index (χ4v) is 11.5. The van der Waals surface area contributed by atoms with Crippen molar-refractivity contribution in [1.29, 1.82) is 0 Å². The van der Waals surface area contributed by atoms with Crippen LogP contribution < -0.4 is 19.7 Å². The lowest BCUT2D eigenvalue weighted by Crippen LogP contribution is -2.58. The quantitative estimate of drug-likeness (QED) is 0.0496. The number of hydrogen-bond acceptors (Lipinski definition) is 13. The Morgan fingerprint density at radius 1 is 1.06 bits per heavy atom. The van der Waals surface area contributed by atoms with Crippen molar-refractivity contribution in [3.8, 4) is 11.5 Å². The first-order valence-electron chi connectivity index (χ1n) is 22.9. The molecule has 0 bridgehead atoms. The molecule has 4 fully saturated rings. The molecule has 5 heterocycles. The number of morpholine rings is 1. The van der Waals surface area contributed by atoms with Crippen molar-refractivity contribution >= 4 is 55.8 Å². The third-order valence-corrected chi connectivity index (χ3v) is 15.9. The van der Waals surface area contributed by atoms with Gasteiger partial charge in [0.15, 0.2) is 10.9 Å². The zero-order valence-electron chi connectivity index (χ0n) is 37.5. The number of aromatic nitrogens is 3. The normalized spacial score (nSPS) is 22.6. The molecule has 18 heteroatoms. The number of aromatic amines is 1. The van der Waals surface area contributed by atoms with E-state index in [0.29, 0.717) is 49.0 Å². The summed E-state index contributed by atoms with van der Waals surface area (Å²) < 4.78 is 41.9. The summed E-state index contributed by atoms with van der Waals surface area (Å²) in [6.45, 7) is 10.6. The van der Waals surface area contributed by atoms with Crippen LogP contribution in [0.3, 0.4) is 0 Å². The van der Waals surface area contributed by atoms with Crippen LogP contribution in [0.5, 0.6) is 11.5 Å². The third-order valence-electron chi connectivity index (χ3n) is 14.3. The van der Waals surface area contributed by atoms with Gasteiger partial charge in [-0.25, -0.2) is 23.1 Å². The molecule has 5 aromatic rings. The number of H-pyrrole nitrogens is 1. The highest BCUT2D eigenvalue weighted by Gasteiger charge is 2.50. The van der Waals surface area contributed by atoms with Crippen LogP contribution in [0.2, 0.25) is 5.15 Å². The van der Waals surface area contributed by atoms with Crippen molar-refractivity contribution in [2.24, 2.45) is 11.3 Å². The van der Waals surface area contributed by atoms with Crippen molar-refractivity contribution in [2.75, 3.05) is 49.6 Å². The molecule has 4 aliphatic rings. The van der Waals surface area contributed by atoms with Crippen molar-refractivity contribution in [1.82, 2.24) is 24.6 Å². The topological polar surface area (TPSA) is 205 Å². The molecule has 1 atom stereocenters. The number of ether oxygens (including phenoxy) is 2. The molecule has 66 heavy (non-hydrogen) atoms. The Labute approximate surface area is 389 Å². The molecule has 4 N–H and O–H groups in total. The Morgan fingerprint density at radius 3 is 2.56 bits per heavy atom. The second-order valence-corrected chi connectivity index (χ2v) is 21.2. The molecule has 0 radical (unpaired) electrons. The van der Waals surface area contributed by atoms with Crippen LogP contribution >= 0.6 is 11.6 Å². The van der Waals surface area contributed by atoms with E-state index in [2.05, 4.69) is 72.9 Å². The van der Waals surface area contributed by atoms with Crippen molar-refractivity contribution < 1.29 is 32.7 Å². The van der Waals surface area contributed by atoms with Crippen molar-refractivity contribution in [3.63, 3.8) is 0 Å². The Balaban J connectivity index is 0.910. The second kappa shape index (κ2) is 18.4. The van der Waals surface area contributed by atoms with Crippen LogP contribution in [-0.2, 0) is 14.8 Å². The Kier molecular flexibility index (Phi) is 12.8. The molecular formula is C48H57ClN8O8S. The minimum absolute atomic E-state index is 0.0337. The average Bonchev–Trinajstić information content (AvgIpc) is 3.74. The zero-order valence-corrected chi connectivity index (χ0v) is 39.0. The van der Waals surface area contributed by atoms with E-state index in [1.807, 2.05) is 0 Å². The predicted molar refractivity (Wildman–Crippen MR) is 252 cm³/mol. The Hall–Kier alpha value is -5.33. The van der Waals surface area contributed by atoms with Gasteiger partial charge in [0.05, 0.1) is 41.5 Å². The van der Waals surface area contributed by atoms with E-state index < -0.39 is 37.0 Å².